The Morgan fingerprint density at radius 2 is 2.64 bits per heavy atom. The fourth-order valence-electron chi connectivity index (χ4n) is 1.34. The van der Waals surface area contributed by atoms with Crippen LogP contribution in [0.3, 0.4) is 0 Å². The Bertz CT molecular complexity index is 269. The predicted molar refractivity (Wildman–Crippen MR) is 46.2 cm³/mol. The SMILES string of the molecule is C[C@H]1Cn2cc(Br)nc2CN1. The molecule has 0 unspecified atom stereocenters. The third kappa shape index (κ3) is 1.32. The van der Waals surface area contributed by atoms with E-state index in [1.165, 1.54) is 0 Å². The second-order valence-electron chi connectivity index (χ2n) is 2.91. The van der Waals surface area contributed by atoms with E-state index >= 15 is 0 Å². The topological polar surface area (TPSA) is 29.9 Å². The summed E-state index contributed by atoms with van der Waals surface area (Å²) in [6.07, 6.45) is 2.03. The maximum Gasteiger partial charge on any atom is 0.124 e. The Kier molecular flexibility index (Phi) is 1.73. The third-order valence-corrected chi connectivity index (χ3v) is 2.29. The van der Waals surface area contributed by atoms with Gasteiger partial charge in [0.25, 0.3) is 0 Å². The normalized spacial score (nSPS) is 23.3. The average molecular weight is 216 g/mol. The molecule has 1 aromatic rings. The molecule has 0 fully saturated rings. The van der Waals surface area contributed by atoms with Crippen LogP contribution in [0.2, 0.25) is 0 Å². The molecule has 1 aromatic heterocycles. The van der Waals surface area contributed by atoms with Crippen LogP contribution in [-0.4, -0.2) is 15.6 Å². The van der Waals surface area contributed by atoms with E-state index in [4.69, 9.17) is 0 Å². The van der Waals surface area contributed by atoms with Gasteiger partial charge < -0.3 is 9.88 Å². The molecule has 0 amide bonds. The zero-order valence-electron chi connectivity index (χ0n) is 6.34. The number of imidazole rings is 1. The lowest BCUT2D eigenvalue weighted by Gasteiger charge is -2.21. The minimum Gasteiger partial charge on any atom is -0.331 e. The van der Waals surface area contributed by atoms with E-state index in [2.05, 4.69) is 37.7 Å². The van der Waals surface area contributed by atoms with Crippen molar-refractivity contribution in [2.24, 2.45) is 0 Å². The highest BCUT2D eigenvalue weighted by Gasteiger charge is 2.14. The van der Waals surface area contributed by atoms with E-state index in [1.54, 1.807) is 0 Å². The highest BCUT2D eigenvalue weighted by molar-refractivity contribution is 9.10. The summed E-state index contributed by atoms with van der Waals surface area (Å²) in [6.45, 7) is 4.08. The zero-order chi connectivity index (χ0) is 7.84. The molecule has 0 aliphatic carbocycles. The van der Waals surface area contributed by atoms with Gasteiger partial charge in [0.15, 0.2) is 0 Å². The van der Waals surface area contributed by atoms with Gasteiger partial charge in [-0.1, -0.05) is 0 Å². The molecule has 0 spiro atoms. The van der Waals surface area contributed by atoms with Gasteiger partial charge in [-0.25, -0.2) is 4.98 Å². The quantitative estimate of drug-likeness (QED) is 0.704. The van der Waals surface area contributed by atoms with Crippen LogP contribution in [0.4, 0.5) is 0 Å². The Morgan fingerprint density at radius 1 is 1.82 bits per heavy atom. The summed E-state index contributed by atoms with van der Waals surface area (Å²) in [4.78, 5) is 4.30. The fraction of sp³-hybridized carbons (Fsp3) is 0.571. The van der Waals surface area contributed by atoms with Gasteiger partial charge >= 0.3 is 0 Å². The predicted octanol–water partition coefficient (Wildman–Crippen LogP) is 1.14. The Morgan fingerprint density at radius 3 is 3.45 bits per heavy atom. The maximum atomic E-state index is 4.30. The molecular formula is C7H10BrN3. The summed E-state index contributed by atoms with van der Waals surface area (Å²) in [5, 5.41) is 3.35. The summed E-state index contributed by atoms with van der Waals surface area (Å²) >= 11 is 3.35. The Labute approximate surface area is 73.9 Å². The van der Waals surface area contributed by atoms with Crippen molar-refractivity contribution in [1.29, 1.82) is 0 Å². The lowest BCUT2D eigenvalue weighted by Crippen LogP contribution is -2.36. The summed E-state index contributed by atoms with van der Waals surface area (Å²) in [6, 6.07) is 0.559. The van der Waals surface area contributed by atoms with Gasteiger partial charge in [-0.2, -0.15) is 0 Å². The Hall–Kier alpha value is -0.350. The molecule has 0 radical (unpaired) electrons. The molecule has 0 bridgehead atoms. The van der Waals surface area contributed by atoms with Crippen molar-refractivity contribution >= 4 is 15.9 Å². The first-order valence-electron chi connectivity index (χ1n) is 3.70. The van der Waals surface area contributed by atoms with Crippen molar-refractivity contribution in [2.75, 3.05) is 0 Å². The van der Waals surface area contributed by atoms with Crippen LogP contribution < -0.4 is 5.32 Å². The standard InChI is InChI=1S/C7H10BrN3/c1-5-3-11-4-6(8)10-7(11)2-9-5/h4-5,9H,2-3H2,1H3/t5-/m0/s1. The van der Waals surface area contributed by atoms with Gasteiger partial charge in [0.1, 0.15) is 10.4 Å². The van der Waals surface area contributed by atoms with E-state index in [0.717, 1.165) is 23.5 Å². The van der Waals surface area contributed by atoms with Crippen LogP contribution in [0.1, 0.15) is 12.7 Å². The molecule has 1 aliphatic heterocycles. The lowest BCUT2D eigenvalue weighted by molar-refractivity contribution is 0.410. The smallest absolute Gasteiger partial charge is 0.124 e. The van der Waals surface area contributed by atoms with E-state index < -0.39 is 0 Å². The van der Waals surface area contributed by atoms with Gasteiger partial charge in [0.05, 0.1) is 6.54 Å². The van der Waals surface area contributed by atoms with E-state index in [-0.39, 0.29) is 0 Å². The van der Waals surface area contributed by atoms with Crippen molar-refractivity contribution < 1.29 is 0 Å². The van der Waals surface area contributed by atoms with Crippen molar-refractivity contribution in [3.63, 3.8) is 0 Å². The van der Waals surface area contributed by atoms with Gasteiger partial charge in [-0.15, -0.1) is 0 Å². The average Bonchev–Trinajstić information content (AvgIpc) is 2.27. The molecule has 0 saturated heterocycles. The number of nitrogens with zero attached hydrogens (tertiary/aromatic N) is 2. The first-order chi connectivity index (χ1) is 5.25. The number of aromatic nitrogens is 2. The summed E-state index contributed by atoms with van der Waals surface area (Å²) in [5.74, 6) is 1.12. The van der Waals surface area contributed by atoms with Gasteiger partial charge in [0, 0.05) is 18.8 Å². The second-order valence-corrected chi connectivity index (χ2v) is 3.73. The lowest BCUT2D eigenvalue weighted by atomic mass is 10.3. The highest BCUT2D eigenvalue weighted by atomic mass is 79.9. The van der Waals surface area contributed by atoms with E-state index in [0.29, 0.717) is 6.04 Å². The summed E-state index contributed by atoms with van der Waals surface area (Å²) in [7, 11) is 0. The largest absolute Gasteiger partial charge is 0.331 e. The molecule has 2 rings (SSSR count). The molecule has 1 atom stereocenters. The third-order valence-electron chi connectivity index (χ3n) is 1.91. The summed E-state index contributed by atoms with van der Waals surface area (Å²) in [5.41, 5.74) is 0. The molecule has 3 nitrogen and oxygen atoms in total. The minimum absolute atomic E-state index is 0.559. The zero-order valence-corrected chi connectivity index (χ0v) is 7.93. The molecule has 0 saturated carbocycles. The fourth-order valence-corrected chi connectivity index (χ4v) is 1.80. The van der Waals surface area contributed by atoms with Crippen molar-refractivity contribution in [3.05, 3.63) is 16.6 Å². The van der Waals surface area contributed by atoms with Crippen LogP contribution >= 0.6 is 15.9 Å². The first kappa shape index (κ1) is 7.31. The highest BCUT2D eigenvalue weighted by Crippen LogP contribution is 2.13. The number of nitrogens with one attached hydrogen (secondary N) is 1. The maximum absolute atomic E-state index is 4.30. The molecule has 4 heteroatoms. The molecule has 0 aromatic carbocycles. The second kappa shape index (κ2) is 2.60. The monoisotopic (exact) mass is 215 g/mol. The number of halogens is 1. The van der Waals surface area contributed by atoms with E-state index in [9.17, 15) is 0 Å². The number of hydrogen-bond donors (Lipinski definition) is 1. The molecule has 1 aliphatic rings. The van der Waals surface area contributed by atoms with Crippen molar-refractivity contribution in [2.45, 2.75) is 26.1 Å². The van der Waals surface area contributed by atoms with Crippen LogP contribution in [0.15, 0.2) is 10.8 Å². The molecule has 2 heterocycles. The number of rotatable bonds is 0. The number of fused-ring (bicyclic) bond motifs is 1. The van der Waals surface area contributed by atoms with Crippen LogP contribution in [0.25, 0.3) is 0 Å². The molecular weight excluding hydrogens is 206 g/mol. The summed E-state index contributed by atoms with van der Waals surface area (Å²) < 4.78 is 3.12. The molecule has 11 heavy (non-hydrogen) atoms. The van der Waals surface area contributed by atoms with Crippen LogP contribution in [0, 0.1) is 0 Å². The van der Waals surface area contributed by atoms with Crippen molar-refractivity contribution in [3.8, 4) is 0 Å². The van der Waals surface area contributed by atoms with Gasteiger partial charge in [0.2, 0.25) is 0 Å². The van der Waals surface area contributed by atoms with Crippen LogP contribution in [-0.2, 0) is 13.1 Å². The Balaban J connectivity index is 2.34. The first-order valence-corrected chi connectivity index (χ1v) is 4.50. The van der Waals surface area contributed by atoms with Gasteiger partial charge in [-0.05, 0) is 22.9 Å². The van der Waals surface area contributed by atoms with E-state index in [1.807, 2.05) is 6.20 Å². The van der Waals surface area contributed by atoms with Gasteiger partial charge in [-0.3, -0.25) is 0 Å². The number of hydrogen-bond acceptors (Lipinski definition) is 2. The molecule has 1 N–H and O–H groups in total. The molecule has 60 valence electrons. The van der Waals surface area contributed by atoms with Crippen LogP contribution in [0.5, 0.6) is 0 Å². The minimum atomic E-state index is 0.559. The van der Waals surface area contributed by atoms with Crippen molar-refractivity contribution in [1.82, 2.24) is 14.9 Å².